The number of hydrogen-bond donors (Lipinski definition) is 1. The van der Waals surface area contributed by atoms with Crippen molar-refractivity contribution in [3.63, 3.8) is 0 Å². The molecular formula is C14H19N3OS. The smallest absolute Gasteiger partial charge is 0.270 e. The normalized spacial score (nSPS) is 23.6. The van der Waals surface area contributed by atoms with Crippen molar-refractivity contribution in [3.8, 4) is 10.8 Å². The van der Waals surface area contributed by atoms with E-state index in [1.165, 1.54) is 32.1 Å². The number of thiophene rings is 1. The fourth-order valence-corrected chi connectivity index (χ4v) is 3.62. The molecule has 2 N–H and O–H groups in total. The molecule has 0 spiro atoms. The van der Waals surface area contributed by atoms with Gasteiger partial charge in [-0.1, -0.05) is 31.3 Å². The van der Waals surface area contributed by atoms with Gasteiger partial charge >= 0.3 is 0 Å². The minimum absolute atomic E-state index is 0.456. The Morgan fingerprint density at radius 1 is 1.47 bits per heavy atom. The van der Waals surface area contributed by atoms with Crippen LogP contribution in [-0.4, -0.2) is 10.1 Å². The number of nitrogen functional groups attached to an aromatic ring is 1. The van der Waals surface area contributed by atoms with E-state index in [0.29, 0.717) is 11.8 Å². The van der Waals surface area contributed by atoms with Gasteiger partial charge in [-0.25, -0.2) is 0 Å². The summed E-state index contributed by atoms with van der Waals surface area (Å²) < 4.78 is 5.38. The van der Waals surface area contributed by atoms with Crippen molar-refractivity contribution in [2.75, 3.05) is 5.73 Å². The van der Waals surface area contributed by atoms with E-state index >= 15 is 0 Å². The maximum atomic E-state index is 5.89. The lowest BCUT2D eigenvalue weighted by Gasteiger charge is -2.26. The summed E-state index contributed by atoms with van der Waals surface area (Å²) in [6.45, 7) is 2.26. The highest BCUT2D eigenvalue weighted by molar-refractivity contribution is 7.14. The average molecular weight is 277 g/mol. The number of aromatic nitrogens is 2. The molecule has 0 bridgehead atoms. The number of nitrogens with two attached hydrogens (primary N) is 1. The average Bonchev–Trinajstić information content (AvgIpc) is 3.07. The third-order valence-electron chi connectivity index (χ3n) is 4.06. The Labute approximate surface area is 117 Å². The Balaban J connectivity index is 1.79. The lowest BCUT2D eigenvalue weighted by atomic mass is 9.80. The lowest BCUT2D eigenvalue weighted by molar-refractivity contribution is 0.300. The summed E-state index contributed by atoms with van der Waals surface area (Å²) in [5.74, 6) is 2.70. The van der Waals surface area contributed by atoms with Crippen molar-refractivity contribution in [3.05, 3.63) is 17.3 Å². The van der Waals surface area contributed by atoms with Gasteiger partial charge in [0.2, 0.25) is 0 Å². The number of rotatable bonds is 3. The third kappa shape index (κ3) is 2.52. The Kier molecular flexibility index (Phi) is 3.55. The molecule has 2 heterocycles. The van der Waals surface area contributed by atoms with Crippen molar-refractivity contribution in [1.82, 2.24) is 10.1 Å². The highest BCUT2D eigenvalue weighted by Gasteiger charge is 2.26. The van der Waals surface area contributed by atoms with Crippen LogP contribution < -0.4 is 5.73 Å². The molecule has 4 nitrogen and oxygen atoms in total. The van der Waals surface area contributed by atoms with Crippen molar-refractivity contribution < 1.29 is 4.52 Å². The van der Waals surface area contributed by atoms with Crippen LogP contribution in [0.5, 0.6) is 0 Å². The molecular weight excluding hydrogens is 258 g/mol. The summed E-state index contributed by atoms with van der Waals surface area (Å²) in [6.07, 6.45) is 6.23. The number of anilines is 1. The minimum atomic E-state index is 0.456. The van der Waals surface area contributed by atoms with E-state index < -0.39 is 0 Å². The van der Waals surface area contributed by atoms with E-state index in [9.17, 15) is 0 Å². The molecule has 0 amide bonds. The van der Waals surface area contributed by atoms with Crippen LogP contribution in [0.15, 0.2) is 16.0 Å². The maximum absolute atomic E-state index is 5.89. The molecule has 3 rings (SSSR count). The first-order chi connectivity index (χ1) is 9.28. The van der Waals surface area contributed by atoms with Gasteiger partial charge in [-0.2, -0.15) is 4.98 Å². The molecule has 2 aromatic heterocycles. The predicted molar refractivity (Wildman–Crippen MR) is 77.0 cm³/mol. The Morgan fingerprint density at radius 3 is 3.11 bits per heavy atom. The number of hydrogen-bond acceptors (Lipinski definition) is 5. The first kappa shape index (κ1) is 12.7. The van der Waals surface area contributed by atoms with Crippen LogP contribution in [-0.2, 0) is 0 Å². The molecule has 2 unspecified atom stereocenters. The molecule has 19 heavy (non-hydrogen) atoms. The molecule has 1 saturated carbocycles. The second-order valence-corrected chi connectivity index (χ2v) is 6.22. The zero-order chi connectivity index (χ0) is 13.2. The van der Waals surface area contributed by atoms with Crippen LogP contribution in [0.4, 0.5) is 5.69 Å². The third-order valence-corrected chi connectivity index (χ3v) is 4.98. The van der Waals surface area contributed by atoms with Gasteiger partial charge in [0.05, 0.1) is 5.69 Å². The molecule has 1 fully saturated rings. The molecule has 0 aromatic carbocycles. The van der Waals surface area contributed by atoms with Gasteiger partial charge in [-0.3, -0.25) is 0 Å². The molecule has 2 aromatic rings. The summed E-state index contributed by atoms with van der Waals surface area (Å²) in [5.41, 5.74) is 6.60. The summed E-state index contributed by atoms with van der Waals surface area (Å²) in [4.78, 5) is 5.45. The second-order valence-electron chi connectivity index (χ2n) is 5.30. The Bertz CT molecular complexity index is 548. The van der Waals surface area contributed by atoms with E-state index in [0.717, 1.165) is 22.3 Å². The summed E-state index contributed by atoms with van der Waals surface area (Å²) in [6, 6.07) is 1.87. The zero-order valence-corrected chi connectivity index (χ0v) is 11.9. The first-order valence-corrected chi connectivity index (χ1v) is 7.82. The molecule has 5 heteroatoms. The summed E-state index contributed by atoms with van der Waals surface area (Å²) >= 11 is 1.55. The van der Waals surface area contributed by atoms with E-state index in [1.807, 2.05) is 11.4 Å². The van der Waals surface area contributed by atoms with E-state index in [2.05, 4.69) is 17.1 Å². The first-order valence-electron chi connectivity index (χ1n) is 6.95. The maximum Gasteiger partial charge on any atom is 0.270 e. The zero-order valence-electron chi connectivity index (χ0n) is 11.1. The number of nitrogens with zero attached hydrogens (tertiary/aromatic N) is 2. The van der Waals surface area contributed by atoms with Gasteiger partial charge < -0.3 is 10.3 Å². The van der Waals surface area contributed by atoms with Gasteiger partial charge in [-0.15, -0.1) is 11.3 Å². The van der Waals surface area contributed by atoms with Gasteiger partial charge in [0.15, 0.2) is 5.82 Å². The van der Waals surface area contributed by atoms with Gasteiger partial charge in [0.25, 0.3) is 5.89 Å². The van der Waals surface area contributed by atoms with Gasteiger partial charge in [-0.05, 0) is 30.2 Å². The molecule has 1 aliphatic carbocycles. The molecule has 0 saturated heterocycles. The van der Waals surface area contributed by atoms with Crippen LogP contribution in [0.2, 0.25) is 0 Å². The molecule has 1 aliphatic rings. The largest absolute Gasteiger partial charge is 0.397 e. The van der Waals surface area contributed by atoms with Crippen LogP contribution in [0.3, 0.4) is 0 Å². The molecule has 0 aliphatic heterocycles. The highest BCUT2D eigenvalue weighted by atomic mass is 32.1. The Hall–Kier alpha value is -1.36. The SMILES string of the molecule is CCC1CCCC(c2noc(-c3sccc3N)n2)C1. The van der Waals surface area contributed by atoms with Crippen LogP contribution in [0.1, 0.15) is 50.8 Å². The summed E-state index contributed by atoms with van der Waals surface area (Å²) in [5, 5.41) is 6.12. The highest BCUT2D eigenvalue weighted by Crippen LogP contribution is 2.38. The Morgan fingerprint density at radius 2 is 2.37 bits per heavy atom. The molecule has 102 valence electrons. The van der Waals surface area contributed by atoms with Crippen molar-refractivity contribution in [2.45, 2.75) is 44.9 Å². The fraction of sp³-hybridized carbons (Fsp3) is 0.571. The quantitative estimate of drug-likeness (QED) is 0.918. The molecule has 0 radical (unpaired) electrons. The van der Waals surface area contributed by atoms with Gasteiger partial charge in [0.1, 0.15) is 4.88 Å². The summed E-state index contributed by atoms with van der Waals surface area (Å²) in [7, 11) is 0. The van der Waals surface area contributed by atoms with Crippen molar-refractivity contribution in [1.29, 1.82) is 0 Å². The van der Waals surface area contributed by atoms with Crippen molar-refractivity contribution in [2.24, 2.45) is 5.92 Å². The van der Waals surface area contributed by atoms with Gasteiger partial charge in [0, 0.05) is 5.92 Å². The predicted octanol–water partition coefficient (Wildman–Crippen LogP) is 4.06. The second kappa shape index (κ2) is 5.33. The standard InChI is InChI=1S/C14H19N3OS/c1-2-9-4-3-5-10(8-9)13-16-14(18-17-13)12-11(15)6-7-19-12/h6-7,9-10H,2-5,8,15H2,1H3. The van der Waals surface area contributed by atoms with E-state index in [1.54, 1.807) is 11.3 Å². The lowest BCUT2D eigenvalue weighted by Crippen LogP contribution is -2.14. The van der Waals surface area contributed by atoms with E-state index in [-0.39, 0.29) is 0 Å². The van der Waals surface area contributed by atoms with E-state index in [4.69, 9.17) is 10.3 Å². The van der Waals surface area contributed by atoms with Crippen molar-refractivity contribution >= 4 is 17.0 Å². The fourth-order valence-electron chi connectivity index (χ4n) is 2.88. The van der Waals surface area contributed by atoms with Crippen LogP contribution in [0.25, 0.3) is 10.8 Å². The monoisotopic (exact) mass is 277 g/mol. The minimum Gasteiger partial charge on any atom is -0.397 e. The van der Waals surface area contributed by atoms with Crippen LogP contribution in [0, 0.1) is 5.92 Å². The molecule has 2 atom stereocenters. The van der Waals surface area contributed by atoms with Crippen LogP contribution >= 0.6 is 11.3 Å². The topological polar surface area (TPSA) is 64.9 Å².